The maximum absolute atomic E-state index is 13.1. The molecule has 1 heterocycles. The Kier molecular flexibility index (Phi) is 4.09. The number of nitrogens with zero attached hydrogens (tertiary/aromatic N) is 2. The molecule has 0 spiro atoms. The summed E-state index contributed by atoms with van der Waals surface area (Å²) in [6.45, 7) is 1.94. The molecule has 100 valence electrons. The molecule has 0 radical (unpaired) electrons. The Morgan fingerprint density at radius 3 is 2.37 bits per heavy atom. The number of halogens is 3. The fourth-order valence-electron chi connectivity index (χ4n) is 1.77. The van der Waals surface area contributed by atoms with Crippen molar-refractivity contribution >= 4 is 21.7 Å². The topological polar surface area (TPSA) is 51.8 Å². The molecule has 19 heavy (non-hydrogen) atoms. The van der Waals surface area contributed by atoms with Crippen LogP contribution in [0.4, 0.5) is 14.6 Å². The highest BCUT2D eigenvalue weighted by Gasteiger charge is 2.10. The molecule has 2 aromatic rings. The Balaban J connectivity index is 2.35. The van der Waals surface area contributed by atoms with E-state index in [-0.39, 0.29) is 6.42 Å². The molecule has 0 amide bonds. The van der Waals surface area contributed by atoms with Gasteiger partial charge in [0.05, 0.1) is 10.2 Å². The lowest BCUT2D eigenvalue weighted by Crippen LogP contribution is -2.06. The fraction of sp³-hybridized carbons (Fsp3) is 0.231. The van der Waals surface area contributed by atoms with Gasteiger partial charge in [-0.3, -0.25) is 0 Å². The lowest BCUT2D eigenvalue weighted by Gasteiger charge is -2.07. The van der Waals surface area contributed by atoms with E-state index in [0.717, 1.165) is 11.8 Å². The van der Waals surface area contributed by atoms with Crippen LogP contribution in [0.2, 0.25) is 0 Å². The molecule has 0 atom stereocenters. The molecule has 0 saturated carbocycles. The van der Waals surface area contributed by atoms with Crippen molar-refractivity contribution in [2.45, 2.75) is 19.8 Å². The molecule has 2 N–H and O–H groups in total. The Morgan fingerprint density at radius 1 is 1.16 bits per heavy atom. The summed E-state index contributed by atoms with van der Waals surface area (Å²) in [4.78, 5) is 8.43. The SMILES string of the molecule is CCc1nc(Cc2cc(F)cc(F)c2)nc(N)c1Br. The molecule has 0 aliphatic carbocycles. The zero-order valence-electron chi connectivity index (χ0n) is 10.3. The van der Waals surface area contributed by atoms with Crippen molar-refractivity contribution in [2.24, 2.45) is 0 Å². The van der Waals surface area contributed by atoms with Gasteiger partial charge < -0.3 is 5.73 Å². The number of hydrogen-bond acceptors (Lipinski definition) is 3. The molecule has 0 unspecified atom stereocenters. The molecule has 1 aromatic heterocycles. The first kappa shape index (κ1) is 13.9. The van der Waals surface area contributed by atoms with Crippen LogP contribution in [0.3, 0.4) is 0 Å². The monoisotopic (exact) mass is 327 g/mol. The van der Waals surface area contributed by atoms with E-state index in [1.807, 2.05) is 6.92 Å². The van der Waals surface area contributed by atoms with Crippen molar-refractivity contribution in [1.82, 2.24) is 9.97 Å². The Labute approximate surface area is 118 Å². The first-order chi connectivity index (χ1) is 8.99. The van der Waals surface area contributed by atoms with Crippen LogP contribution in [0, 0.1) is 11.6 Å². The molecule has 2 rings (SSSR count). The van der Waals surface area contributed by atoms with Gasteiger partial charge in [0.1, 0.15) is 23.3 Å². The van der Waals surface area contributed by atoms with Gasteiger partial charge in [0, 0.05) is 12.5 Å². The summed E-state index contributed by atoms with van der Waals surface area (Å²) in [5.74, 6) is -0.451. The van der Waals surface area contributed by atoms with Crippen molar-refractivity contribution in [2.75, 3.05) is 5.73 Å². The van der Waals surface area contributed by atoms with Crippen LogP contribution in [-0.2, 0) is 12.8 Å². The number of anilines is 1. The molecule has 0 saturated heterocycles. The van der Waals surface area contributed by atoms with Gasteiger partial charge in [-0.25, -0.2) is 18.7 Å². The van der Waals surface area contributed by atoms with Gasteiger partial charge in [-0.15, -0.1) is 0 Å². The van der Waals surface area contributed by atoms with E-state index in [9.17, 15) is 8.78 Å². The van der Waals surface area contributed by atoms with Gasteiger partial charge in [-0.05, 0) is 40.0 Å². The highest BCUT2D eigenvalue weighted by Crippen LogP contribution is 2.22. The number of nitrogen functional groups attached to an aromatic ring is 1. The molecule has 3 nitrogen and oxygen atoms in total. The van der Waals surface area contributed by atoms with Crippen LogP contribution in [-0.4, -0.2) is 9.97 Å². The third-order valence-corrected chi connectivity index (χ3v) is 3.48. The Bertz CT molecular complexity index is 597. The summed E-state index contributed by atoms with van der Waals surface area (Å²) >= 11 is 3.31. The van der Waals surface area contributed by atoms with E-state index in [1.165, 1.54) is 12.1 Å². The summed E-state index contributed by atoms with van der Waals surface area (Å²) in [6.07, 6.45) is 0.928. The molecule has 0 bridgehead atoms. The summed E-state index contributed by atoms with van der Waals surface area (Å²) < 4.78 is 26.9. The number of benzene rings is 1. The highest BCUT2D eigenvalue weighted by molar-refractivity contribution is 9.10. The second kappa shape index (κ2) is 5.61. The normalized spacial score (nSPS) is 10.7. The van der Waals surface area contributed by atoms with Crippen LogP contribution < -0.4 is 5.73 Å². The van der Waals surface area contributed by atoms with Crippen molar-refractivity contribution in [3.05, 3.63) is 51.4 Å². The first-order valence-corrected chi connectivity index (χ1v) is 6.54. The predicted octanol–water partition coefficient (Wildman–Crippen LogP) is 3.25. The first-order valence-electron chi connectivity index (χ1n) is 5.75. The minimum atomic E-state index is -0.615. The van der Waals surface area contributed by atoms with E-state index >= 15 is 0 Å². The van der Waals surface area contributed by atoms with E-state index in [4.69, 9.17) is 5.73 Å². The average molecular weight is 328 g/mol. The molecule has 1 aromatic carbocycles. The number of hydrogen-bond donors (Lipinski definition) is 1. The largest absolute Gasteiger partial charge is 0.383 e. The smallest absolute Gasteiger partial charge is 0.141 e. The number of aryl methyl sites for hydroxylation is 1. The van der Waals surface area contributed by atoms with Gasteiger partial charge in [0.25, 0.3) is 0 Å². The third kappa shape index (κ3) is 3.26. The average Bonchev–Trinajstić information content (AvgIpc) is 2.32. The van der Waals surface area contributed by atoms with Crippen LogP contribution >= 0.6 is 15.9 Å². The zero-order valence-corrected chi connectivity index (χ0v) is 11.8. The van der Waals surface area contributed by atoms with Crippen molar-refractivity contribution < 1.29 is 8.78 Å². The summed E-state index contributed by atoms with van der Waals surface area (Å²) in [6, 6.07) is 3.35. The minimum absolute atomic E-state index is 0.235. The van der Waals surface area contributed by atoms with Crippen molar-refractivity contribution in [3.63, 3.8) is 0 Å². The van der Waals surface area contributed by atoms with Gasteiger partial charge in [-0.2, -0.15) is 0 Å². The molecule has 0 aliphatic rings. The predicted molar refractivity (Wildman–Crippen MR) is 72.7 cm³/mol. The third-order valence-electron chi connectivity index (χ3n) is 2.61. The number of nitrogens with two attached hydrogens (primary N) is 1. The summed E-state index contributed by atoms with van der Waals surface area (Å²) in [7, 11) is 0. The van der Waals surface area contributed by atoms with E-state index < -0.39 is 11.6 Å². The van der Waals surface area contributed by atoms with Crippen LogP contribution in [0.15, 0.2) is 22.7 Å². The number of aromatic nitrogens is 2. The van der Waals surface area contributed by atoms with Crippen molar-refractivity contribution in [3.8, 4) is 0 Å². The summed E-state index contributed by atoms with van der Waals surface area (Å²) in [5, 5.41) is 0. The Hall–Kier alpha value is -1.56. The van der Waals surface area contributed by atoms with Gasteiger partial charge in [0.2, 0.25) is 0 Å². The second-order valence-electron chi connectivity index (χ2n) is 4.09. The van der Waals surface area contributed by atoms with Crippen molar-refractivity contribution in [1.29, 1.82) is 0 Å². The van der Waals surface area contributed by atoms with E-state index in [1.54, 1.807) is 0 Å². The second-order valence-corrected chi connectivity index (χ2v) is 4.89. The van der Waals surface area contributed by atoms with Crippen LogP contribution in [0.5, 0.6) is 0 Å². The molecule has 6 heteroatoms. The van der Waals surface area contributed by atoms with Gasteiger partial charge in [-0.1, -0.05) is 6.92 Å². The summed E-state index contributed by atoms with van der Waals surface area (Å²) in [5.41, 5.74) is 7.01. The lowest BCUT2D eigenvalue weighted by atomic mass is 10.1. The molecule has 0 fully saturated rings. The maximum atomic E-state index is 13.1. The fourth-order valence-corrected chi connectivity index (χ4v) is 2.23. The molecular weight excluding hydrogens is 316 g/mol. The quantitative estimate of drug-likeness (QED) is 0.941. The highest BCUT2D eigenvalue weighted by atomic mass is 79.9. The number of rotatable bonds is 3. The van der Waals surface area contributed by atoms with Gasteiger partial charge >= 0.3 is 0 Å². The standard InChI is InChI=1S/C13H12BrF2N3/c1-2-10-12(14)13(17)19-11(18-10)5-7-3-8(15)6-9(16)4-7/h3-4,6H,2,5H2,1H3,(H2,17,18,19). The van der Waals surface area contributed by atoms with Gasteiger partial charge in [0.15, 0.2) is 0 Å². The zero-order chi connectivity index (χ0) is 14.0. The van der Waals surface area contributed by atoms with Crippen LogP contribution in [0.25, 0.3) is 0 Å². The maximum Gasteiger partial charge on any atom is 0.141 e. The van der Waals surface area contributed by atoms with E-state index in [2.05, 4.69) is 25.9 Å². The minimum Gasteiger partial charge on any atom is -0.383 e. The van der Waals surface area contributed by atoms with E-state index in [0.29, 0.717) is 28.1 Å². The Morgan fingerprint density at radius 2 is 1.79 bits per heavy atom. The van der Waals surface area contributed by atoms with Crippen LogP contribution in [0.1, 0.15) is 24.0 Å². The lowest BCUT2D eigenvalue weighted by molar-refractivity contribution is 0.580. The molecule has 0 aliphatic heterocycles. The molecular formula is C13H12BrF2N3.